The number of allylic oxidation sites excluding steroid dienone is 1. The van der Waals surface area contributed by atoms with Crippen LogP contribution in [0.5, 0.6) is 11.5 Å². The zero-order valence-electron chi connectivity index (χ0n) is 21.8. The van der Waals surface area contributed by atoms with E-state index in [0.29, 0.717) is 61.9 Å². The van der Waals surface area contributed by atoms with E-state index in [9.17, 15) is 15.0 Å². The molecule has 2 unspecified atom stereocenters. The van der Waals surface area contributed by atoms with E-state index in [4.69, 9.17) is 14.2 Å². The van der Waals surface area contributed by atoms with Gasteiger partial charge in [-0.15, -0.1) is 0 Å². The van der Waals surface area contributed by atoms with E-state index in [2.05, 4.69) is 6.58 Å². The fraction of sp³-hybridized carbons (Fsp3) is 0.654. The lowest BCUT2D eigenvalue weighted by Gasteiger charge is -2.25. The first-order valence-corrected chi connectivity index (χ1v) is 12.0. The summed E-state index contributed by atoms with van der Waals surface area (Å²) in [5.41, 5.74) is 1.27. The molecule has 0 aromatic heterocycles. The van der Waals surface area contributed by atoms with Gasteiger partial charge in [0.15, 0.2) is 11.5 Å². The van der Waals surface area contributed by atoms with E-state index in [0.717, 1.165) is 24.9 Å². The smallest absolute Gasteiger partial charge is 0.338 e. The first-order chi connectivity index (χ1) is 16.1. The third-order valence-corrected chi connectivity index (χ3v) is 5.17. The fourth-order valence-electron chi connectivity index (χ4n) is 3.64. The molecular formula is C26H44N2O6. The molecule has 0 saturated heterocycles. The second-order valence-electron chi connectivity index (χ2n) is 9.01. The molecule has 0 saturated carbocycles. The molecule has 0 aliphatic carbocycles. The van der Waals surface area contributed by atoms with Crippen LogP contribution in [0.1, 0.15) is 56.0 Å². The number of nitrogens with zero attached hydrogens (tertiary/aromatic N) is 2. The van der Waals surface area contributed by atoms with Crippen LogP contribution in [0.4, 0.5) is 0 Å². The molecule has 0 amide bonds. The summed E-state index contributed by atoms with van der Waals surface area (Å²) in [5.74, 6) is 1.23. The van der Waals surface area contributed by atoms with E-state index >= 15 is 0 Å². The molecule has 1 aromatic carbocycles. The summed E-state index contributed by atoms with van der Waals surface area (Å²) in [7, 11) is 5.50. The molecular weight excluding hydrogens is 436 g/mol. The third kappa shape index (κ3) is 11.3. The number of carbonyl (C=O) groups excluding carboxylic acids is 1. The standard InChI is InChI=1S/C26H44N2O6/c1-8-22-15-23(26(31)33-14-10-12-27(5)6)16-24(32-7)25(22)34-21(4)11-9-13-28(17-19(2)29)18-20(3)30/h15-16,19-20,29-30H,4,8-14,17-18H2,1-3,5-7H3. The Morgan fingerprint density at radius 3 is 2.26 bits per heavy atom. The van der Waals surface area contributed by atoms with Crippen LogP contribution in [0.15, 0.2) is 24.5 Å². The molecule has 1 rings (SSSR count). The minimum Gasteiger partial charge on any atom is -0.493 e. The molecule has 2 N–H and O–H groups in total. The average molecular weight is 481 g/mol. The maximum Gasteiger partial charge on any atom is 0.338 e. The Morgan fingerprint density at radius 2 is 1.74 bits per heavy atom. The highest BCUT2D eigenvalue weighted by molar-refractivity contribution is 5.90. The largest absolute Gasteiger partial charge is 0.493 e. The number of benzene rings is 1. The Labute approximate surface area is 205 Å². The summed E-state index contributed by atoms with van der Waals surface area (Å²) in [4.78, 5) is 16.6. The lowest BCUT2D eigenvalue weighted by atomic mass is 10.1. The highest BCUT2D eigenvalue weighted by atomic mass is 16.5. The van der Waals surface area contributed by atoms with Gasteiger partial charge in [-0.2, -0.15) is 0 Å². The monoisotopic (exact) mass is 480 g/mol. The molecule has 2 atom stereocenters. The van der Waals surface area contributed by atoms with Crippen molar-refractivity contribution in [1.29, 1.82) is 0 Å². The van der Waals surface area contributed by atoms with Crippen LogP contribution in [-0.4, -0.2) is 92.2 Å². The summed E-state index contributed by atoms with van der Waals surface area (Å²) < 4.78 is 17.0. The van der Waals surface area contributed by atoms with Crippen LogP contribution in [0.3, 0.4) is 0 Å². The van der Waals surface area contributed by atoms with E-state index in [-0.39, 0.29) is 5.97 Å². The zero-order valence-corrected chi connectivity index (χ0v) is 21.8. The molecule has 0 heterocycles. The van der Waals surface area contributed by atoms with Crippen LogP contribution in [0, 0.1) is 0 Å². The number of aliphatic hydroxyl groups excluding tert-OH is 2. The molecule has 34 heavy (non-hydrogen) atoms. The van der Waals surface area contributed by atoms with Gasteiger partial charge >= 0.3 is 5.97 Å². The lowest BCUT2D eigenvalue weighted by molar-refractivity contribution is 0.0492. The van der Waals surface area contributed by atoms with Crippen LogP contribution in [0.2, 0.25) is 0 Å². The highest BCUT2D eigenvalue weighted by Gasteiger charge is 2.18. The Morgan fingerprint density at radius 1 is 1.09 bits per heavy atom. The molecule has 194 valence electrons. The zero-order chi connectivity index (χ0) is 25.7. The normalized spacial score (nSPS) is 13.1. The molecule has 0 aliphatic rings. The summed E-state index contributed by atoms with van der Waals surface area (Å²) >= 11 is 0. The van der Waals surface area contributed by atoms with Gasteiger partial charge in [0.05, 0.1) is 37.2 Å². The van der Waals surface area contributed by atoms with Gasteiger partial charge in [-0.1, -0.05) is 13.5 Å². The van der Waals surface area contributed by atoms with Crippen molar-refractivity contribution in [1.82, 2.24) is 9.80 Å². The number of carbonyl (C=O) groups is 1. The number of aryl methyl sites for hydroxylation is 1. The predicted molar refractivity (Wildman–Crippen MR) is 135 cm³/mol. The van der Waals surface area contributed by atoms with Crippen molar-refractivity contribution in [2.75, 3.05) is 54.0 Å². The second kappa shape index (κ2) is 15.7. The van der Waals surface area contributed by atoms with Crippen molar-refractivity contribution < 1.29 is 29.2 Å². The number of hydrogen-bond donors (Lipinski definition) is 2. The van der Waals surface area contributed by atoms with Crippen LogP contribution in [0.25, 0.3) is 0 Å². The second-order valence-corrected chi connectivity index (χ2v) is 9.01. The van der Waals surface area contributed by atoms with Gasteiger partial charge in [0, 0.05) is 26.1 Å². The van der Waals surface area contributed by atoms with Crippen LogP contribution < -0.4 is 9.47 Å². The maximum atomic E-state index is 12.5. The van der Waals surface area contributed by atoms with Crippen LogP contribution in [-0.2, 0) is 11.2 Å². The van der Waals surface area contributed by atoms with Gasteiger partial charge < -0.3 is 29.3 Å². The number of hydrogen-bond acceptors (Lipinski definition) is 8. The van der Waals surface area contributed by atoms with Crippen molar-refractivity contribution in [2.45, 2.75) is 58.7 Å². The molecule has 8 nitrogen and oxygen atoms in total. The molecule has 0 bridgehead atoms. The third-order valence-electron chi connectivity index (χ3n) is 5.17. The van der Waals surface area contributed by atoms with E-state index in [1.807, 2.05) is 30.8 Å². The van der Waals surface area contributed by atoms with E-state index < -0.39 is 12.2 Å². The quantitative estimate of drug-likeness (QED) is 0.200. The minimum absolute atomic E-state index is 0.358. The fourth-order valence-corrected chi connectivity index (χ4v) is 3.64. The summed E-state index contributed by atoms with van der Waals surface area (Å²) in [5, 5.41) is 19.4. The predicted octanol–water partition coefficient (Wildman–Crippen LogP) is 3.10. The van der Waals surface area contributed by atoms with Crippen molar-refractivity contribution in [3.63, 3.8) is 0 Å². The van der Waals surface area contributed by atoms with E-state index in [1.54, 1.807) is 33.1 Å². The minimum atomic E-state index is -0.465. The van der Waals surface area contributed by atoms with Gasteiger partial charge in [-0.25, -0.2) is 4.79 Å². The maximum absolute atomic E-state index is 12.5. The first-order valence-electron chi connectivity index (χ1n) is 12.0. The number of esters is 1. The number of rotatable bonds is 17. The van der Waals surface area contributed by atoms with Gasteiger partial charge in [-0.05, 0) is 71.4 Å². The number of ether oxygens (including phenoxy) is 3. The molecule has 0 aliphatic heterocycles. The average Bonchev–Trinajstić information content (AvgIpc) is 2.75. The highest BCUT2D eigenvalue weighted by Crippen LogP contribution is 2.35. The van der Waals surface area contributed by atoms with Crippen molar-refractivity contribution in [2.24, 2.45) is 0 Å². The Bertz CT molecular complexity index is 729. The molecule has 0 fully saturated rings. The Hall–Kier alpha value is -2.13. The van der Waals surface area contributed by atoms with Gasteiger partial charge in [0.2, 0.25) is 0 Å². The summed E-state index contributed by atoms with van der Waals surface area (Å²) in [6, 6.07) is 3.43. The van der Waals surface area contributed by atoms with Crippen LogP contribution >= 0.6 is 0 Å². The van der Waals surface area contributed by atoms with Gasteiger partial charge in [0.25, 0.3) is 0 Å². The van der Waals surface area contributed by atoms with Crippen molar-refractivity contribution in [3.05, 3.63) is 35.6 Å². The number of aliphatic hydroxyl groups is 2. The summed E-state index contributed by atoms with van der Waals surface area (Å²) in [6.07, 6.45) is 1.86. The van der Waals surface area contributed by atoms with Gasteiger partial charge in [-0.3, -0.25) is 4.90 Å². The van der Waals surface area contributed by atoms with Crippen molar-refractivity contribution >= 4 is 5.97 Å². The molecule has 0 spiro atoms. The topological polar surface area (TPSA) is 91.7 Å². The van der Waals surface area contributed by atoms with E-state index in [1.165, 1.54) is 0 Å². The first kappa shape index (κ1) is 29.9. The van der Waals surface area contributed by atoms with Crippen molar-refractivity contribution in [3.8, 4) is 11.5 Å². The molecule has 1 aromatic rings. The lowest BCUT2D eigenvalue weighted by Crippen LogP contribution is -2.37. The summed E-state index contributed by atoms with van der Waals surface area (Å²) in [6.45, 7) is 12.4. The Balaban J connectivity index is 2.78. The number of methoxy groups -OCH3 is 1. The van der Waals surface area contributed by atoms with Gasteiger partial charge in [0.1, 0.15) is 0 Å². The SMILES string of the molecule is C=C(CCCN(CC(C)O)CC(C)O)Oc1c(CC)cc(C(=O)OCCCN(C)C)cc1OC. The molecule has 0 radical (unpaired) electrons. The molecule has 8 heteroatoms. The Kier molecular flexibility index (Phi) is 13.8.